The van der Waals surface area contributed by atoms with Gasteiger partial charge in [-0.3, -0.25) is 0 Å². The number of aromatic hydroxyl groups is 1. The van der Waals surface area contributed by atoms with E-state index in [-0.39, 0.29) is 0 Å². The molecule has 1 rings (SSSR count). The highest BCUT2D eigenvalue weighted by molar-refractivity contribution is 5.45. The Labute approximate surface area is 72.8 Å². The average Bonchev–Trinajstić information content (AvgIpc) is 2.09. The molecular formula is C10H14O2. The van der Waals surface area contributed by atoms with Crippen molar-refractivity contribution in [1.82, 2.24) is 0 Å². The van der Waals surface area contributed by atoms with Crippen LogP contribution in [0.2, 0.25) is 0 Å². The van der Waals surface area contributed by atoms with Gasteiger partial charge < -0.3 is 9.84 Å². The van der Waals surface area contributed by atoms with Crippen molar-refractivity contribution in [2.45, 2.75) is 20.3 Å². The lowest BCUT2D eigenvalue weighted by molar-refractivity contribution is 0.410. The van der Waals surface area contributed by atoms with Crippen molar-refractivity contribution in [2.24, 2.45) is 0 Å². The summed E-state index contributed by atoms with van der Waals surface area (Å²) in [7, 11) is 1.63. The van der Waals surface area contributed by atoms with E-state index in [1.807, 2.05) is 26.0 Å². The number of phenolic OH excluding ortho intramolecular Hbond substituents is 1. The first-order valence-electron chi connectivity index (χ1n) is 4.05. The van der Waals surface area contributed by atoms with Crippen molar-refractivity contribution in [3.63, 3.8) is 0 Å². The smallest absolute Gasteiger partial charge is 0.121 e. The molecular weight excluding hydrogens is 152 g/mol. The minimum absolute atomic E-state index is 0.387. The summed E-state index contributed by atoms with van der Waals surface area (Å²) in [6, 6.07) is 3.69. The van der Waals surface area contributed by atoms with Crippen LogP contribution in [-0.4, -0.2) is 12.2 Å². The van der Waals surface area contributed by atoms with Crippen molar-refractivity contribution in [2.75, 3.05) is 7.11 Å². The lowest BCUT2D eigenvalue weighted by Gasteiger charge is -2.07. The molecule has 0 aliphatic rings. The predicted molar refractivity (Wildman–Crippen MR) is 48.8 cm³/mol. The number of rotatable bonds is 2. The van der Waals surface area contributed by atoms with Crippen LogP contribution in [0, 0.1) is 6.92 Å². The average molecular weight is 166 g/mol. The van der Waals surface area contributed by atoms with Crippen molar-refractivity contribution >= 4 is 0 Å². The largest absolute Gasteiger partial charge is 0.507 e. The summed E-state index contributed by atoms with van der Waals surface area (Å²) in [5, 5.41) is 9.56. The summed E-state index contributed by atoms with van der Waals surface area (Å²) < 4.78 is 5.08. The van der Waals surface area contributed by atoms with E-state index in [2.05, 4.69) is 0 Å². The molecule has 2 heteroatoms. The number of hydrogen-bond acceptors (Lipinski definition) is 2. The predicted octanol–water partition coefficient (Wildman–Crippen LogP) is 2.27. The second kappa shape index (κ2) is 3.48. The van der Waals surface area contributed by atoms with E-state index in [0.29, 0.717) is 5.75 Å². The number of benzene rings is 1. The molecule has 0 saturated heterocycles. The van der Waals surface area contributed by atoms with Gasteiger partial charge in [0.25, 0.3) is 0 Å². The van der Waals surface area contributed by atoms with Crippen LogP contribution in [-0.2, 0) is 6.42 Å². The molecule has 0 bridgehead atoms. The maximum Gasteiger partial charge on any atom is 0.121 e. The molecule has 0 atom stereocenters. The Balaban J connectivity index is 3.19. The Kier molecular flexibility index (Phi) is 2.58. The third-order valence-corrected chi connectivity index (χ3v) is 1.97. The van der Waals surface area contributed by atoms with Gasteiger partial charge in [0.2, 0.25) is 0 Å². The van der Waals surface area contributed by atoms with Crippen LogP contribution in [0.1, 0.15) is 18.1 Å². The molecule has 0 amide bonds. The molecule has 66 valence electrons. The van der Waals surface area contributed by atoms with Crippen LogP contribution in [0.5, 0.6) is 11.5 Å². The second-order valence-corrected chi connectivity index (χ2v) is 2.81. The third-order valence-electron chi connectivity index (χ3n) is 1.97. The van der Waals surface area contributed by atoms with Gasteiger partial charge in [-0.1, -0.05) is 6.92 Å². The zero-order valence-electron chi connectivity index (χ0n) is 7.72. The topological polar surface area (TPSA) is 29.5 Å². The minimum Gasteiger partial charge on any atom is -0.507 e. The van der Waals surface area contributed by atoms with Crippen molar-refractivity contribution in [1.29, 1.82) is 0 Å². The molecule has 0 aromatic heterocycles. The van der Waals surface area contributed by atoms with Gasteiger partial charge in [-0.05, 0) is 36.6 Å². The van der Waals surface area contributed by atoms with Crippen LogP contribution in [0.25, 0.3) is 0 Å². The standard InChI is InChI=1S/C10H14O2/c1-4-8-6-9(12-3)5-7(2)10(8)11/h5-6,11H,4H2,1-3H3. The molecule has 0 aliphatic carbocycles. The Bertz CT molecular complexity index is 279. The van der Waals surface area contributed by atoms with E-state index in [0.717, 1.165) is 23.3 Å². The molecule has 2 nitrogen and oxygen atoms in total. The van der Waals surface area contributed by atoms with Gasteiger partial charge in [0, 0.05) is 0 Å². The number of methoxy groups -OCH3 is 1. The summed E-state index contributed by atoms with van der Waals surface area (Å²) in [6.45, 7) is 3.88. The fraction of sp³-hybridized carbons (Fsp3) is 0.400. The maximum atomic E-state index is 9.56. The first-order chi connectivity index (χ1) is 5.69. The Morgan fingerprint density at radius 3 is 2.58 bits per heavy atom. The maximum absolute atomic E-state index is 9.56. The van der Waals surface area contributed by atoms with E-state index in [9.17, 15) is 5.11 Å². The Morgan fingerprint density at radius 2 is 2.08 bits per heavy atom. The molecule has 0 unspecified atom stereocenters. The lowest BCUT2D eigenvalue weighted by atomic mass is 10.1. The van der Waals surface area contributed by atoms with E-state index in [1.165, 1.54) is 0 Å². The second-order valence-electron chi connectivity index (χ2n) is 2.81. The normalized spacial score (nSPS) is 9.92. The number of phenols is 1. The van der Waals surface area contributed by atoms with E-state index >= 15 is 0 Å². The number of ether oxygens (including phenoxy) is 1. The summed E-state index contributed by atoms with van der Waals surface area (Å²) in [4.78, 5) is 0. The van der Waals surface area contributed by atoms with Gasteiger partial charge in [0.15, 0.2) is 0 Å². The summed E-state index contributed by atoms with van der Waals surface area (Å²) in [5.74, 6) is 1.19. The number of hydrogen-bond donors (Lipinski definition) is 1. The van der Waals surface area contributed by atoms with Gasteiger partial charge in [-0.2, -0.15) is 0 Å². The van der Waals surface area contributed by atoms with Crippen LogP contribution in [0.3, 0.4) is 0 Å². The number of aryl methyl sites for hydroxylation is 2. The van der Waals surface area contributed by atoms with Crippen LogP contribution in [0.15, 0.2) is 12.1 Å². The zero-order valence-corrected chi connectivity index (χ0v) is 7.72. The SMILES string of the molecule is CCc1cc(OC)cc(C)c1O. The molecule has 0 saturated carbocycles. The monoisotopic (exact) mass is 166 g/mol. The zero-order chi connectivity index (χ0) is 9.14. The van der Waals surface area contributed by atoms with Crippen LogP contribution < -0.4 is 4.74 Å². The fourth-order valence-corrected chi connectivity index (χ4v) is 1.20. The molecule has 1 aromatic rings. The molecule has 0 aliphatic heterocycles. The van der Waals surface area contributed by atoms with E-state index < -0.39 is 0 Å². The van der Waals surface area contributed by atoms with Gasteiger partial charge in [-0.15, -0.1) is 0 Å². The molecule has 1 N–H and O–H groups in total. The van der Waals surface area contributed by atoms with Crippen molar-refractivity contribution in [3.05, 3.63) is 23.3 Å². The highest BCUT2D eigenvalue weighted by Gasteiger charge is 2.04. The van der Waals surface area contributed by atoms with Crippen LogP contribution in [0.4, 0.5) is 0 Å². The highest BCUT2D eigenvalue weighted by Crippen LogP contribution is 2.27. The lowest BCUT2D eigenvalue weighted by Crippen LogP contribution is -1.89. The third kappa shape index (κ3) is 1.52. The minimum atomic E-state index is 0.387. The summed E-state index contributed by atoms with van der Waals surface area (Å²) in [6.07, 6.45) is 0.823. The Morgan fingerprint density at radius 1 is 1.42 bits per heavy atom. The molecule has 0 radical (unpaired) electrons. The summed E-state index contributed by atoms with van der Waals surface area (Å²) in [5.41, 5.74) is 1.80. The highest BCUT2D eigenvalue weighted by atomic mass is 16.5. The molecule has 1 aromatic carbocycles. The van der Waals surface area contributed by atoms with Crippen molar-refractivity contribution < 1.29 is 9.84 Å². The molecule has 12 heavy (non-hydrogen) atoms. The molecule has 0 heterocycles. The molecule has 0 spiro atoms. The molecule has 0 fully saturated rings. The van der Waals surface area contributed by atoms with E-state index in [4.69, 9.17) is 4.74 Å². The fourth-order valence-electron chi connectivity index (χ4n) is 1.20. The van der Waals surface area contributed by atoms with Gasteiger partial charge in [0.05, 0.1) is 7.11 Å². The Hall–Kier alpha value is -1.18. The quantitative estimate of drug-likeness (QED) is 0.730. The van der Waals surface area contributed by atoms with Crippen molar-refractivity contribution in [3.8, 4) is 11.5 Å². The van der Waals surface area contributed by atoms with Crippen LogP contribution >= 0.6 is 0 Å². The van der Waals surface area contributed by atoms with Gasteiger partial charge in [0.1, 0.15) is 11.5 Å². The van der Waals surface area contributed by atoms with Gasteiger partial charge in [-0.25, -0.2) is 0 Å². The van der Waals surface area contributed by atoms with E-state index in [1.54, 1.807) is 7.11 Å². The van der Waals surface area contributed by atoms with Gasteiger partial charge >= 0.3 is 0 Å². The first kappa shape index (κ1) is 8.91. The summed E-state index contributed by atoms with van der Waals surface area (Å²) >= 11 is 0. The first-order valence-corrected chi connectivity index (χ1v) is 4.05.